The molecule has 4 heterocycles. The molecule has 0 radical (unpaired) electrons. The number of carbonyl (C=O) groups is 2. The highest BCUT2D eigenvalue weighted by Crippen LogP contribution is 2.26. The number of benzene rings is 4. The van der Waals surface area contributed by atoms with Crippen molar-refractivity contribution in [2.45, 2.75) is 45.7 Å². The Morgan fingerprint density at radius 1 is 0.672 bits per heavy atom. The fourth-order valence-corrected chi connectivity index (χ4v) is 8.82. The second-order valence-electron chi connectivity index (χ2n) is 14.6. The van der Waals surface area contributed by atoms with Gasteiger partial charge in [-0.15, -0.1) is 0 Å². The topological polar surface area (TPSA) is 108 Å². The molecule has 2 atom stereocenters. The molecular formula is C44H47BrN8O3S2. The summed E-state index contributed by atoms with van der Waals surface area (Å²) < 4.78 is 15.3. The van der Waals surface area contributed by atoms with Crippen molar-refractivity contribution >= 4 is 61.1 Å². The van der Waals surface area contributed by atoms with E-state index in [0.29, 0.717) is 19.5 Å². The van der Waals surface area contributed by atoms with Gasteiger partial charge in [-0.25, -0.2) is 9.97 Å². The van der Waals surface area contributed by atoms with Gasteiger partial charge in [0.25, 0.3) is 11.8 Å². The lowest BCUT2D eigenvalue weighted by Gasteiger charge is -2.39. The average Bonchev–Trinajstić information content (AvgIpc) is 3.92. The number of rotatable bonds is 9. The molecule has 2 amide bonds. The van der Waals surface area contributed by atoms with Crippen LogP contribution in [-0.4, -0.2) is 98.8 Å². The van der Waals surface area contributed by atoms with Crippen molar-refractivity contribution in [2.75, 3.05) is 56.2 Å². The summed E-state index contributed by atoms with van der Waals surface area (Å²) in [6, 6.07) is 33.7. The van der Waals surface area contributed by atoms with Crippen LogP contribution < -0.4 is 14.5 Å². The quantitative estimate of drug-likeness (QED) is 0.143. The van der Waals surface area contributed by atoms with Crippen molar-refractivity contribution < 1.29 is 14.3 Å². The lowest BCUT2D eigenvalue weighted by atomic mass is 10.1. The number of anilines is 2. The van der Waals surface area contributed by atoms with E-state index in [1.54, 1.807) is 7.11 Å². The number of hydrogen-bond acceptors (Lipinski definition) is 11. The number of aryl methyl sites for hydroxylation is 1. The van der Waals surface area contributed by atoms with Crippen LogP contribution in [0.5, 0.6) is 5.75 Å². The van der Waals surface area contributed by atoms with Gasteiger partial charge in [-0.3, -0.25) is 9.59 Å². The predicted molar refractivity (Wildman–Crippen MR) is 236 cm³/mol. The Hall–Kier alpha value is -5.18. The third-order valence-corrected chi connectivity index (χ3v) is 12.5. The van der Waals surface area contributed by atoms with Gasteiger partial charge in [-0.2, -0.15) is 8.75 Å². The molecule has 2 fully saturated rings. The minimum atomic E-state index is 0.0747. The first-order valence-electron chi connectivity index (χ1n) is 19.4. The molecule has 0 aliphatic carbocycles. The van der Waals surface area contributed by atoms with Gasteiger partial charge < -0.3 is 24.3 Å². The summed E-state index contributed by atoms with van der Waals surface area (Å²) in [7, 11) is 1.67. The molecule has 6 aromatic rings. The maximum Gasteiger partial charge on any atom is 0.254 e. The first-order valence-corrected chi connectivity index (χ1v) is 21.7. The SMILES string of the molecule is COc1cccc(Cc2nsc(N3CCN(C(=O)c4ccc(Br)cc4)C(C)C3)n2)c1.Cc1ccc(Cc2nsc(N3CCN(C(=O)c4ccccc4)C(C)C3)n2)cc1. The Bertz CT molecular complexity index is 2290. The fraction of sp³-hybridized carbons (Fsp3) is 0.318. The van der Waals surface area contributed by atoms with Crippen molar-refractivity contribution in [3.63, 3.8) is 0 Å². The number of piperazine rings is 2. The van der Waals surface area contributed by atoms with E-state index in [2.05, 4.69) is 85.6 Å². The first kappa shape index (κ1) is 41.0. The molecule has 4 aromatic carbocycles. The van der Waals surface area contributed by atoms with Crippen molar-refractivity contribution in [3.05, 3.63) is 147 Å². The zero-order valence-electron chi connectivity index (χ0n) is 33.1. The Morgan fingerprint density at radius 2 is 1.21 bits per heavy atom. The number of ether oxygens (including phenoxy) is 1. The van der Waals surface area contributed by atoms with Crippen LogP contribution in [0, 0.1) is 6.92 Å². The number of amides is 2. The molecule has 2 saturated heterocycles. The third-order valence-electron chi connectivity index (χ3n) is 10.3. The number of hydrogen-bond donors (Lipinski definition) is 0. The Labute approximate surface area is 356 Å². The van der Waals surface area contributed by atoms with Crippen LogP contribution in [0.25, 0.3) is 0 Å². The summed E-state index contributed by atoms with van der Waals surface area (Å²) in [4.78, 5) is 43.5. The van der Waals surface area contributed by atoms with E-state index in [4.69, 9.17) is 14.7 Å². The lowest BCUT2D eigenvalue weighted by molar-refractivity contribution is 0.0666. The van der Waals surface area contributed by atoms with Gasteiger partial charge in [-0.05, 0) is 80.4 Å². The summed E-state index contributed by atoms with van der Waals surface area (Å²) in [5.74, 6) is 2.68. The molecular weight excluding hydrogens is 833 g/mol. The van der Waals surface area contributed by atoms with Crippen LogP contribution in [0.3, 0.4) is 0 Å². The summed E-state index contributed by atoms with van der Waals surface area (Å²) in [5, 5.41) is 1.86. The van der Waals surface area contributed by atoms with Crippen molar-refractivity contribution in [1.82, 2.24) is 28.5 Å². The van der Waals surface area contributed by atoms with E-state index in [1.807, 2.05) is 82.6 Å². The van der Waals surface area contributed by atoms with Crippen LogP contribution in [0.2, 0.25) is 0 Å². The van der Waals surface area contributed by atoms with Crippen molar-refractivity contribution in [1.29, 1.82) is 0 Å². The summed E-state index contributed by atoms with van der Waals surface area (Å²) in [6.45, 7) is 10.7. The molecule has 0 N–H and O–H groups in total. The smallest absolute Gasteiger partial charge is 0.254 e. The molecule has 0 saturated carbocycles. The molecule has 11 nitrogen and oxygen atoms in total. The standard InChI is InChI=1S/C22H23BrN4O2S.C22H24N4OS/c1-15-14-26(10-11-27(15)21(28)17-6-8-18(23)9-7-17)22-24-20(25-30-22)13-16-4-3-5-19(12-16)29-2;1-16-8-10-18(11-9-16)14-20-23-22(28-24-20)25-12-13-26(17(2)15-25)21(27)19-6-4-3-5-7-19/h3-9,12,15H,10-11,13-14H2,1-2H3;3-11,17H,12-15H2,1-2H3. The number of carbonyl (C=O) groups excluding carboxylic acids is 2. The average molecular weight is 880 g/mol. The fourth-order valence-electron chi connectivity index (χ4n) is 7.11. The minimum absolute atomic E-state index is 0.0747. The van der Waals surface area contributed by atoms with Crippen molar-refractivity contribution in [3.8, 4) is 5.75 Å². The Kier molecular flexibility index (Phi) is 13.5. The van der Waals surface area contributed by atoms with Crippen LogP contribution in [0.15, 0.2) is 108 Å². The molecule has 300 valence electrons. The first-order chi connectivity index (χ1) is 28.1. The largest absolute Gasteiger partial charge is 0.497 e. The zero-order chi connectivity index (χ0) is 40.6. The van der Waals surface area contributed by atoms with Crippen LogP contribution in [0.4, 0.5) is 10.3 Å². The van der Waals surface area contributed by atoms with E-state index < -0.39 is 0 Å². The highest BCUT2D eigenvalue weighted by molar-refractivity contribution is 9.10. The molecule has 58 heavy (non-hydrogen) atoms. The summed E-state index contributed by atoms with van der Waals surface area (Å²) >= 11 is 6.28. The maximum absolute atomic E-state index is 12.9. The second-order valence-corrected chi connectivity index (χ2v) is 17.0. The number of nitrogens with zero attached hydrogens (tertiary/aromatic N) is 8. The van der Waals surface area contributed by atoms with Crippen LogP contribution >= 0.6 is 39.0 Å². The number of halogens is 1. The summed E-state index contributed by atoms with van der Waals surface area (Å²) in [5.41, 5.74) is 5.07. The van der Waals surface area contributed by atoms with Gasteiger partial charge in [0.05, 0.1) is 7.11 Å². The highest BCUT2D eigenvalue weighted by atomic mass is 79.9. The highest BCUT2D eigenvalue weighted by Gasteiger charge is 2.31. The van der Waals surface area contributed by atoms with Gasteiger partial charge in [-0.1, -0.05) is 76.1 Å². The van der Waals surface area contributed by atoms with Gasteiger partial charge in [0.15, 0.2) is 0 Å². The van der Waals surface area contributed by atoms with Gasteiger partial charge in [0.2, 0.25) is 10.3 Å². The molecule has 8 rings (SSSR count). The predicted octanol–water partition coefficient (Wildman–Crippen LogP) is 8.04. The second kappa shape index (κ2) is 19.0. The van der Waals surface area contributed by atoms with Crippen LogP contribution in [-0.2, 0) is 12.8 Å². The number of methoxy groups -OCH3 is 1. The monoisotopic (exact) mass is 878 g/mol. The van der Waals surface area contributed by atoms with E-state index in [9.17, 15) is 9.59 Å². The van der Waals surface area contributed by atoms with E-state index in [0.717, 1.165) is 81.4 Å². The molecule has 2 aromatic heterocycles. The molecule has 0 spiro atoms. The Morgan fingerprint density at radius 3 is 1.74 bits per heavy atom. The van der Waals surface area contributed by atoms with Gasteiger partial charge >= 0.3 is 0 Å². The minimum Gasteiger partial charge on any atom is -0.497 e. The van der Waals surface area contributed by atoms with Crippen molar-refractivity contribution in [2.24, 2.45) is 0 Å². The maximum atomic E-state index is 12.9. The molecule has 2 aliphatic rings. The third kappa shape index (κ3) is 10.3. The summed E-state index contributed by atoms with van der Waals surface area (Å²) in [6.07, 6.45) is 1.42. The number of aromatic nitrogens is 4. The van der Waals surface area contributed by atoms with Gasteiger partial charge in [0.1, 0.15) is 17.4 Å². The van der Waals surface area contributed by atoms with E-state index in [-0.39, 0.29) is 23.9 Å². The lowest BCUT2D eigenvalue weighted by Crippen LogP contribution is -2.54. The van der Waals surface area contributed by atoms with E-state index in [1.165, 1.54) is 34.2 Å². The molecule has 0 bridgehead atoms. The molecule has 2 unspecified atom stereocenters. The van der Waals surface area contributed by atoms with E-state index >= 15 is 0 Å². The normalized spacial score (nSPS) is 16.8. The Balaban J connectivity index is 0.000000177. The molecule has 2 aliphatic heterocycles. The van der Waals surface area contributed by atoms with Crippen LogP contribution in [0.1, 0.15) is 62.9 Å². The zero-order valence-corrected chi connectivity index (χ0v) is 36.3. The molecule has 14 heteroatoms. The van der Waals surface area contributed by atoms with Gasteiger partial charge in [0, 0.05) is 103 Å².